The van der Waals surface area contributed by atoms with E-state index in [1.165, 1.54) is 16.7 Å². The molecule has 0 bridgehead atoms. The molecule has 0 aliphatic heterocycles. The molecule has 0 N–H and O–H groups in total. The molecule has 0 amide bonds. The summed E-state index contributed by atoms with van der Waals surface area (Å²) in [6, 6.07) is 20.9. The Balaban J connectivity index is 1.78. The first-order valence-electron chi connectivity index (χ1n) is 10.9. The molecule has 0 atom stereocenters. The van der Waals surface area contributed by atoms with Crippen molar-refractivity contribution in [3.8, 4) is 17.1 Å². The molecule has 0 saturated carbocycles. The highest BCUT2D eigenvalue weighted by Crippen LogP contribution is 2.39. The molecule has 0 aliphatic rings. The summed E-state index contributed by atoms with van der Waals surface area (Å²) >= 11 is 0. The van der Waals surface area contributed by atoms with Gasteiger partial charge in [-0.1, -0.05) is 48.0 Å². The Bertz CT molecular complexity index is 1650. The molecule has 0 unspecified atom stereocenters. The Morgan fingerprint density at radius 1 is 0.812 bits per heavy atom. The molecule has 0 saturated heterocycles. The Morgan fingerprint density at radius 2 is 1.56 bits per heavy atom. The van der Waals surface area contributed by atoms with Crippen LogP contribution in [0.1, 0.15) is 22.4 Å². The first-order chi connectivity index (χ1) is 15.5. The van der Waals surface area contributed by atoms with Crippen LogP contribution in [0.2, 0.25) is 0 Å². The summed E-state index contributed by atoms with van der Waals surface area (Å²) in [6.07, 6.45) is 1.83. The number of nitrogens with zero attached hydrogens (tertiary/aromatic N) is 3. The molecule has 0 fully saturated rings. The quantitative estimate of drug-likeness (QED) is 0.299. The molecule has 6 rings (SSSR count). The van der Waals surface area contributed by atoms with Gasteiger partial charge in [-0.05, 0) is 57.0 Å². The number of aryl methyl sites for hydroxylation is 4. The molecule has 4 heteroatoms. The number of benzene rings is 3. The van der Waals surface area contributed by atoms with Gasteiger partial charge in [0.15, 0.2) is 0 Å². The maximum Gasteiger partial charge on any atom is 0.149 e. The second-order valence-corrected chi connectivity index (χ2v) is 8.56. The van der Waals surface area contributed by atoms with Gasteiger partial charge >= 0.3 is 0 Å². The fourth-order valence-electron chi connectivity index (χ4n) is 5.03. The topological polar surface area (TPSA) is 43.9 Å². The third-order valence-corrected chi connectivity index (χ3v) is 6.25. The van der Waals surface area contributed by atoms with Crippen LogP contribution in [0.15, 0.2) is 71.3 Å². The van der Waals surface area contributed by atoms with Crippen LogP contribution in [0.4, 0.5) is 0 Å². The minimum atomic E-state index is 0.860. The lowest BCUT2D eigenvalue weighted by Gasteiger charge is -2.17. The number of furan rings is 1. The molecular formula is C28H23N3O. The van der Waals surface area contributed by atoms with E-state index < -0.39 is 0 Å². The lowest BCUT2D eigenvalue weighted by atomic mass is 10.0. The standard InChI is InChI=1S/C28H23N3O/c1-16-14-17(2)25(18(3)15-16)31-26-19(4)29-13-12-23(26)30-28(31)22-10-7-9-21-20-8-5-6-11-24(20)32-27(21)22/h5-15H,1-4H3. The van der Waals surface area contributed by atoms with E-state index in [0.717, 1.165) is 55.7 Å². The highest BCUT2D eigenvalue weighted by molar-refractivity contribution is 6.09. The smallest absolute Gasteiger partial charge is 0.149 e. The van der Waals surface area contributed by atoms with Crippen LogP contribution in [-0.4, -0.2) is 14.5 Å². The lowest BCUT2D eigenvalue weighted by Crippen LogP contribution is -2.04. The Morgan fingerprint density at radius 3 is 2.38 bits per heavy atom. The van der Waals surface area contributed by atoms with E-state index in [1.807, 2.05) is 37.4 Å². The maximum absolute atomic E-state index is 6.37. The van der Waals surface area contributed by atoms with E-state index in [-0.39, 0.29) is 0 Å². The summed E-state index contributed by atoms with van der Waals surface area (Å²) in [5.41, 5.74) is 10.5. The van der Waals surface area contributed by atoms with Crippen LogP contribution in [-0.2, 0) is 0 Å². The Kier molecular flexibility index (Phi) is 3.99. The van der Waals surface area contributed by atoms with Crippen molar-refractivity contribution in [2.75, 3.05) is 0 Å². The summed E-state index contributed by atoms with van der Waals surface area (Å²) in [6.45, 7) is 8.51. The summed E-state index contributed by atoms with van der Waals surface area (Å²) < 4.78 is 8.63. The van der Waals surface area contributed by atoms with E-state index in [1.54, 1.807) is 0 Å². The Labute approximate surface area is 186 Å². The van der Waals surface area contributed by atoms with Crippen molar-refractivity contribution in [3.05, 3.63) is 89.2 Å². The van der Waals surface area contributed by atoms with Gasteiger partial charge in [0, 0.05) is 17.0 Å². The highest BCUT2D eigenvalue weighted by atomic mass is 16.3. The average Bonchev–Trinajstić information content (AvgIpc) is 3.33. The van der Waals surface area contributed by atoms with Crippen LogP contribution in [0.25, 0.3) is 50.0 Å². The zero-order valence-electron chi connectivity index (χ0n) is 18.6. The zero-order chi connectivity index (χ0) is 22.0. The van der Waals surface area contributed by atoms with Gasteiger partial charge in [-0.25, -0.2) is 4.98 Å². The molecule has 0 aliphatic carbocycles. The van der Waals surface area contributed by atoms with Crippen molar-refractivity contribution in [3.63, 3.8) is 0 Å². The maximum atomic E-state index is 6.37. The number of fused-ring (bicyclic) bond motifs is 4. The predicted molar refractivity (Wildman–Crippen MR) is 131 cm³/mol. The first kappa shape index (κ1) is 18.8. The second kappa shape index (κ2) is 6.79. The second-order valence-electron chi connectivity index (χ2n) is 8.56. The molecule has 0 spiro atoms. The molecule has 3 aromatic heterocycles. The van der Waals surface area contributed by atoms with E-state index in [4.69, 9.17) is 9.40 Å². The molecule has 32 heavy (non-hydrogen) atoms. The summed E-state index contributed by atoms with van der Waals surface area (Å²) in [4.78, 5) is 9.70. The fraction of sp³-hybridized carbons (Fsp3) is 0.143. The van der Waals surface area contributed by atoms with Gasteiger partial charge in [0.1, 0.15) is 17.0 Å². The molecule has 0 radical (unpaired) electrons. The van der Waals surface area contributed by atoms with Gasteiger partial charge in [0.05, 0.1) is 28.0 Å². The summed E-state index contributed by atoms with van der Waals surface area (Å²) in [7, 11) is 0. The van der Waals surface area contributed by atoms with Gasteiger partial charge in [-0.3, -0.25) is 9.55 Å². The van der Waals surface area contributed by atoms with Gasteiger partial charge in [-0.15, -0.1) is 0 Å². The summed E-state index contributed by atoms with van der Waals surface area (Å²) in [5.74, 6) is 0.871. The van der Waals surface area contributed by atoms with Gasteiger partial charge in [0.2, 0.25) is 0 Å². The van der Waals surface area contributed by atoms with Crippen molar-refractivity contribution in [2.24, 2.45) is 0 Å². The van der Waals surface area contributed by atoms with E-state index in [0.29, 0.717) is 0 Å². The normalized spacial score (nSPS) is 11.8. The van der Waals surface area contributed by atoms with Crippen LogP contribution in [0, 0.1) is 27.7 Å². The molecule has 6 aromatic rings. The van der Waals surface area contributed by atoms with Crippen molar-refractivity contribution in [1.82, 2.24) is 14.5 Å². The number of pyridine rings is 1. The largest absolute Gasteiger partial charge is 0.455 e. The van der Waals surface area contributed by atoms with Gasteiger partial charge in [0.25, 0.3) is 0 Å². The minimum Gasteiger partial charge on any atom is -0.455 e. The van der Waals surface area contributed by atoms with Crippen LogP contribution in [0.5, 0.6) is 0 Å². The molecule has 3 aromatic carbocycles. The van der Waals surface area contributed by atoms with Crippen LogP contribution >= 0.6 is 0 Å². The Hall–Kier alpha value is -3.92. The number of aromatic nitrogens is 3. The van der Waals surface area contributed by atoms with Crippen molar-refractivity contribution < 1.29 is 4.42 Å². The third kappa shape index (κ3) is 2.62. The van der Waals surface area contributed by atoms with Gasteiger partial charge < -0.3 is 4.42 Å². The van der Waals surface area contributed by atoms with Crippen molar-refractivity contribution in [2.45, 2.75) is 27.7 Å². The molecule has 3 heterocycles. The highest BCUT2D eigenvalue weighted by Gasteiger charge is 2.22. The number of hydrogen-bond acceptors (Lipinski definition) is 3. The number of hydrogen-bond donors (Lipinski definition) is 0. The molecule has 4 nitrogen and oxygen atoms in total. The summed E-state index contributed by atoms with van der Waals surface area (Å²) in [5, 5.41) is 2.22. The molecular weight excluding hydrogens is 394 g/mol. The lowest BCUT2D eigenvalue weighted by molar-refractivity contribution is 0.669. The van der Waals surface area contributed by atoms with Crippen LogP contribution in [0.3, 0.4) is 0 Å². The van der Waals surface area contributed by atoms with Crippen molar-refractivity contribution >= 4 is 33.0 Å². The SMILES string of the molecule is Cc1cc(C)c(-n2c(-c3cccc4c3oc3ccccc34)nc3ccnc(C)c32)c(C)c1. The zero-order valence-corrected chi connectivity index (χ0v) is 18.6. The predicted octanol–water partition coefficient (Wildman–Crippen LogP) is 7.22. The fourth-order valence-corrected chi connectivity index (χ4v) is 5.03. The van der Waals surface area contributed by atoms with E-state index >= 15 is 0 Å². The van der Waals surface area contributed by atoms with E-state index in [2.05, 4.69) is 66.7 Å². The molecule has 156 valence electrons. The minimum absolute atomic E-state index is 0.860. The average molecular weight is 418 g/mol. The van der Waals surface area contributed by atoms with Gasteiger partial charge in [-0.2, -0.15) is 0 Å². The first-order valence-corrected chi connectivity index (χ1v) is 10.9. The number of para-hydroxylation sites is 2. The third-order valence-electron chi connectivity index (χ3n) is 6.25. The number of rotatable bonds is 2. The van der Waals surface area contributed by atoms with Crippen LogP contribution < -0.4 is 0 Å². The van der Waals surface area contributed by atoms with E-state index in [9.17, 15) is 0 Å². The number of imidazole rings is 1. The van der Waals surface area contributed by atoms with Crippen molar-refractivity contribution in [1.29, 1.82) is 0 Å². The monoisotopic (exact) mass is 417 g/mol.